The summed E-state index contributed by atoms with van der Waals surface area (Å²) < 4.78 is 33.7. The topological polar surface area (TPSA) is 90.0 Å². The Labute approximate surface area is 159 Å². The molecule has 0 aliphatic carbocycles. The maximum atomic E-state index is 12.3. The van der Waals surface area contributed by atoms with Crippen LogP contribution < -0.4 is 4.74 Å². The number of para-hydroxylation sites is 1. The van der Waals surface area contributed by atoms with E-state index in [1.807, 2.05) is 19.1 Å². The molecule has 1 aromatic rings. The van der Waals surface area contributed by atoms with Gasteiger partial charge in [0.05, 0.1) is 18.1 Å². The quantitative estimate of drug-likeness (QED) is 0.491. The van der Waals surface area contributed by atoms with Crippen LogP contribution >= 0.6 is 0 Å². The number of carbonyl (C=O) groups is 2. The number of benzene rings is 1. The van der Waals surface area contributed by atoms with Crippen LogP contribution in [-0.2, 0) is 24.2 Å². The largest absolute Gasteiger partial charge is 0.493 e. The Hall–Kier alpha value is -2.35. The molecule has 0 saturated carbocycles. The second kappa shape index (κ2) is 9.55. The predicted molar refractivity (Wildman–Crippen MR) is 102 cm³/mol. The van der Waals surface area contributed by atoms with Crippen molar-refractivity contribution in [3.05, 3.63) is 35.9 Å². The fourth-order valence-electron chi connectivity index (χ4n) is 2.99. The van der Waals surface area contributed by atoms with E-state index in [0.29, 0.717) is 25.3 Å². The number of amides is 1. The van der Waals surface area contributed by atoms with Crippen LogP contribution in [0.2, 0.25) is 0 Å². The molecule has 1 atom stereocenters. The van der Waals surface area contributed by atoms with Gasteiger partial charge in [-0.3, -0.25) is 4.79 Å². The zero-order valence-electron chi connectivity index (χ0n) is 15.6. The highest BCUT2D eigenvalue weighted by Gasteiger charge is 2.34. The van der Waals surface area contributed by atoms with Crippen LogP contribution in [0.3, 0.4) is 0 Å². The van der Waals surface area contributed by atoms with Gasteiger partial charge in [0.15, 0.2) is 16.4 Å². The lowest BCUT2D eigenvalue weighted by Crippen LogP contribution is -2.43. The molecule has 0 spiro atoms. The molecule has 148 valence electrons. The van der Waals surface area contributed by atoms with Crippen molar-refractivity contribution in [1.82, 2.24) is 4.90 Å². The van der Waals surface area contributed by atoms with Crippen LogP contribution in [0.25, 0.3) is 6.08 Å². The minimum absolute atomic E-state index is 0.0331. The smallest absolute Gasteiger partial charge is 0.331 e. The average Bonchev–Trinajstić information content (AvgIpc) is 2.99. The molecule has 1 heterocycles. The summed E-state index contributed by atoms with van der Waals surface area (Å²) in [6, 6.07) is 6.92. The van der Waals surface area contributed by atoms with Crippen molar-refractivity contribution in [3.8, 4) is 5.75 Å². The number of carbonyl (C=O) groups excluding carboxylic acids is 2. The van der Waals surface area contributed by atoms with E-state index in [2.05, 4.69) is 0 Å². The average molecular weight is 395 g/mol. The standard InChI is InChI=1S/C19H25NO6S/c1-3-20(16-11-12-27(23,24)14-16)18(21)13-26-19(22)10-9-15-7-5-6-8-17(15)25-4-2/h5-10,16H,3-4,11-14H2,1-2H3/b10-9+/t16-/m1/s1. The third-order valence-electron chi connectivity index (χ3n) is 4.27. The summed E-state index contributed by atoms with van der Waals surface area (Å²) >= 11 is 0. The van der Waals surface area contributed by atoms with E-state index in [1.165, 1.54) is 11.0 Å². The Bertz CT molecular complexity index is 802. The molecule has 1 aliphatic rings. The van der Waals surface area contributed by atoms with Gasteiger partial charge in [0.25, 0.3) is 5.91 Å². The second-order valence-electron chi connectivity index (χ2n) is 6.15. The van der Waals surface area contributed by atoms with E-state index in [1.54, 1.807) is 25.1 Å². The summed E-state index contributed by atoms with van der Waals surface area (Å²) in [6.45, 7) is 4.10. The molecule has 7 nitrogen and oxygen atoms in total. The highest BCUT2D eigenvalue weighted by atomic mass is 32.2. The van der Waals surface area contributed by atoms with E-state index < -0.39 is 28.3 Å². The SMILES string of the molecule is CCOc1ccccc1/C=C/C(=O)OCC(=O)N(CC)[C@@H]1CCS(=O)(=O)C1. The van der Waals surface area contributed by atoms with Crippen molar-refractivity contribution in [2.24, 2.45) is 0 Å². The number of nitrogens with zero attached hydrogens (tertiary/aromatic N) is 1. The number of esters is 1. The fraction of sp³-hybridized carbons (Fsp3) is 0.474. The van der Waals surface area contributed by atoms with Crippen molar-refractivity contribution in [1.29, 1.82) is 0 Å². The molecule has 1 aliphatic heterocycles. The third-order valence-corrected chi connectivity index (χ3v) is 6.02. The van der Waals surface area contributed by atoms with Gasteiger partial charge in [-0.25, -0.2) is 13.2 Å². The van der Waals surface area contributed by atoms with Crippen molar-refractivity contribution < 1.29 is 27.5 Å². The molecule has 0 N–H and O–H groups in total. The normalized spacial score (nSPS) is 18.4. The van der Waals surface area contributed by atoms with Crippen molar-refractivity contribution in [2.75, 3.05) is 31.3 Å². The molecule has 1 aromatic carbocycles. The molecule has 8 heteroatoms. The summed E-state index contributed by atoms with van der Waals surface area (Å²) in [5, 5.41) is 0. The summed E-state index contributed by atoms with van der Waals surface area (Å²) in [5.74, 6) is -0.335. The minimum atomic E-state index is -3.09. The summed E-state index contributed by atoms with van der Waals surface area (Å²) in [7, 11) is -3.09. The number of likely N-dealkylation sites (N-methyl/N-ethyl adjacent to an activating group) is 1. The van der Waals surface area contributed by atoms with Crippen LogP contribution in [0.1, 0.15) is 25.8 Å². The molecule has 1 saturated heterocycles. The van der Waals surface area contributed by atoms with Crippen LogP contribution in [0.5, 0.6) is 5.75 Å². The highest BCUT2D eigenvalue weighted by Crippen LogP contribution is 2.20. The second-order valence-corrected chi connectivity index (χ2v) is 8.38. The third kappa shape index (κ3) is 6.09. The molecule has 0 radical (unpaired) electrons. The molecule has 27 heavy (non-hydrogen) atoms. The van der Waals surface area contributed by atoms with E-state index in [0.717, 1.165) is 5.56 Å². The van der Waals surface area contributed by atoms with Gasteiger partial charge in [0.2, 0.25) is 0 Å². The van der Waals surface area contributed by atoms with E-state index in [4.69, 9.17) is 9.47 Å². The monoisotopic (exact) mass is 395 g/mol. The van der Waals surface area contributed by atoms with Gasteiger partial charge in [0.1, 0.15) is 5.75 Å². The minimum Gasteiger partial charge on any atom is -0.493 e. The Kier molecular flexibility index (Phi) is 7.41. The first-order valence-corrected chi connectivity index (χ1v) is 10.7. The first-order chi connectivity index (χ1) is 12.9. The van der Waals surface area contributed by atoms with Gasteiger partial charge in [0, 0.05) is 24.2 Å². The maximum Gasteiger partial charge on any atom is 0.331 e. The fourth-order valence-corrected chi connectivity index (χ4v) is 4.72. The van der Waals surface area contributed by atoms with Crippen LogP contribution in [0.4, 0.5) is 0 Å². The molecule has 1 amide bonds. The number of ether oxygens (including phenoxy) is 2. The lowest BCUT2D eigenvalue weighted by molar-refractivity contribution is -0.149. The zero-order valence-corrected chi connectivity index (χ0v) is 16.4. The van der Waals surface area contributed by atoms with Crippen molar-refractivity contribution in [3.63, 3.8) is 0 Å². The summed E-state index contributed by atoms with van der Waals surface area (Å²) in [6.07, 6.45) is 3.23. The first-order valence-electron chi connectivity index (χ1n) is 8.92. The number of hydrogen-bond acceptors (Lipinski definition) is 6. The Morgan fingerprint density at radius 1 is 1.26 bits per heavy atom. The van der Waals surface area contributed by atoms with Crippen molar-refractivity contribution in [2.45, 2.75) is 26.3 Å². The van der Waals surface area contributed by atoms with E-state index >= 15 is 0 Å². The van der Waals surface area contributed by atoms with Crippen LogP contribution in [-0.4, -0.2) is 62.5 Å². The molecule has 0 aromatic heterocycles. The molecule has 2 rings (SSSR count). The Morgan fingerprint density at radius 2 is 2.00 bits per heavy atom. The maximum absolute atomic E-state index is 12.3. The zero-order chi connectivity index (χ0) is 19.9. The highest BCUT2D eigenvalue weighted by molar-refractivity contribution is 7.91. The Morgan fingerprint density at radius 3 is 2.63 bits per heavy atom. The van der Waals surface area contributed by atoms with Crippen LogP contribution in [0.15, 0.2) is 30.3 Å². The summed E-state index contributed by atoms with van der Waals surface area (Å²) in [5.41, 5.74) is 0.731. The molecule has 1 fully saturated rings. The number of hydrogen-bond donors (Lipinski definition) is 0. The number of sulfone groups is 1. The summed E-state index contributed by atoms with van der Waals surface area (Å²) in [4.78, 5) is 25.7. The van der Waals surface area contributed by atoms with Gasteiger partial charge >= 0.3 is 5.97 Å². The lowest BCUT2D eigenvalue weighted by atomic mass is 10.2. The first kappa shape index (κ1) is 21.0. The lowest BCUT2D eigenvalue weighted by Gasteiger charge is -2.26. The van der Waals surface area contributed by atoms with Gasteiger partial charge < -0.3 is 14.4 Å². The molecule has 0 bridgehead atoms. The molecular formula is C19H25NO6S. The molecule has 0 unspecified atom stereocenters. The predicted octanol–water partition coefficient (Wildman–Crippen LogP) is 1.68. The Balaban J connectivity index is 1.90. The van der Waals surface area contributed by atoms with Gasteiger partial charge in [-0.05, 0) is 32.4 Å². The van der Waals surface area contributed by atoms with E-state index in [9.17, 15) is 18.0 Å². The van der Waals surface area contributed by atoms with Crippen molar-refractivity contribution >= 4 is 27.8 Å². The van der Waals surface area contributed by atoms with E-state index in [-0.39, 0.29) is 17.5 Å². The van der Waals surface area contributed by atoms with Gasteiger partial charge in [-0.2, -0.15) is 0 Å². The van der Waals surface area contributed by atoms with Crippen LogP contribution in [0, 0.1) is 0 Å². The van der Waals surface area contributed by atoms with Gasteiger partial charge in [-0.15, -0.1) is 0 Å². The number of rotatable bonds is 8. The molecular weight excluding hydrogens is 370 g/mol. The van der Waals surface area contributed by atoms with Gasteiger partial charge in [-0.1, -0.05) is 18.2 Å².